The van der Waals surface area contributed by atoms with Gasteiger partial charge in [-0.3, -0.25) is 4.90 Å². The highest BCUT2D eigenvalue weighted by Gasteiger charge is 2.28. The van der Waals surface area contributed by atoms with Crippen LogP contribution in [-0.4, -0.2) is 24.3 Å². The summed E-state index contributed by atoms with van der Waals surface area (Å²) in [4.78, 5) is 15.4. The number of ether oxygens (including phenoxy) is 1. The summed E-state index contributed by atoms with van der Waals surface area (Å²) in [5, 5.41) is 13.9. The SMILES string of the molecule is COc1cc(NC(=O)N(c2ccc(N)cc2)C2CCCCCC2)c(O)c(C(C)(C)C)c1. The third-order valence-corrected chi connectivity index (χ3v) is 5.95. The lowest BCUT2D eigenvalue weighted by Crippen LogP contribution is -2.43. The first kappa shape index (κ1) is 22.8. The summed E-state index contributed by atoms with van der Waals surface area (Å²) >= 11 is 0. The van der Waals surface area contributed by atoms with Crippen molar-refractivity contribution in [2.24, 2.45) is 0 Å². The lowest BCUT2D eigenvalue weighted by atomic mass is 9.85. The number of amides is 2. The molecule has 1 saturated carbocycles. The zero-order valence-corrected chi connectivity index (χ0v) is 19.1. The van der Waals surface area contributed by atoms with Crippen molar-refractivity contribution < 1.29 is 14.6 Å². The van der Waals surface area contributed by atoms with Crippen LogP contribution in [0.15, 0.2) is 36.4 Å². The number of methoxy groups -OCH3 is 1. The molecule has 3 rings (SSSR count). The van der Waals surface area contributed by atoms with E-state index in [1.54, 1.807) is 13.2 Å². The van der Waals surface area contributed by atoms with E-state index in [0.717, 1.165) is 36.9 Å². The number of hydrogen-bond acceptors (Lipinski definition) is 4. The van der Waals surface area contributed by atoms with Crippen LogP contribution in [0, 0.1) is 0 Å². The average Bonchev–Trinajstić information content (AvgIpc) is 2.99. The number of aromatic hydroxyl groups is 1. The van der Waals surface area contributed by atoms with Gasteiger partial charge in [-0.15, -0.1) is 0 Å². The molecule has 0 bridgehead atoms. The molecule has 1 aliphatic rings. The highest BCUT2D eigenvalue weighted by molar-refractivity contribution is 6.03. The van der Waals surface area contributed by atoms with Crippen molar-refractivity contribution in [2.45, 2.75) is 70.8 Å². The first-order chi connectivity index (χ1) is 14.7. The molecule has 168 valence electrons. The molecule has 4 N–H and O–H groups in total. The molecule has 0 heterocycles. The molecule has 0 atom stereocenters. The Labute approximate surface area is 185 Å². The normalized spacial score (nSPS) is 15.2. The number of carbonyl (C=O) groups excluding carboxylic acids is 1. The summed E-state index contributed by atoms with van der Waals surface area (Å²) in [5.74, 6) is 0.659. The number of nitrogens with two attached hydrogens (primary N) is 1. The first-order valence-electron chi connectivity index (χ1n) is 11.1. The van der Waals surface area contributed by atoms with Crippen molar-refractivity contribution in [3.05, 3.63) is 42.0 Å². The fourth-order valence-corrected chi connectivity index (χ4v) is 4.21. The van der Waals surface area contributed by atoms with Crippen molar-refractivity contribution in [1.29, 1.82) is 0 Å². The number of benzene rings is 2. The molecule has 0 aromatic heterocycles. The van der Waals surface area contributed by atoms with Crippen LogP contribution in [0.3, 0.4) is 0 Å². The van der Waals surface area contributed by atoms with Gasteiger partial charge in [-0.25, -0.2) is 4.79 Å². The van der Waals surface area contributed by atoms with E-state index in [-0.39, 0.29) is 23.2 Å². The van der Waals surface area contributed by atoms with Gasteiger partial charge in [0.25, 0.3) is 0 Å². The van der Waals surface area contributed by atoms with Gasteiger partial charge < -0.3 is 20.9 Å². The van der Waals surface area contributed by atoms with Crippen molar-refractivity contribution >= 4 is 23.1 Å². The Kier molecular flexibility index (Phi) is 6.98. The van der Waals surface area contributed by atoms with E-state index < -0.39 is 0 Å². The molecule has 6 heteroatoms. The van der Waals surface area contributed by atoms with Gasteiger partial charge in [0, 0.05) is 29.0 Å². The van der Waals surface area contributed by atoms with Gasteiger partial charge in [0.1, 0.15) is 11.5 Å². The van der Waals surface area contributed by atoms with Gasteiger partial charge in [-0.05, 0) is 48.6 Å². The fourth-order valence-electron chi connectivity index (χ4n) is 4.21. The van der Waals surface area contributed by atoms with Crippen molar-refractivity contribution in [3.63, 3.8) is 0 Å². The average molecular weight is 426 g/mol. The summed E-state index contributed by atoms with van der Waals surface area (Å²) in [6.45, 7) is 6.04. The molecule has 6 nitrogen and oxygen atoms in total. The van der Waals surface area contributed by atoms with E-state index in [1.807, 2.05) is 56.0 Å². The molecule has 0 spiro atoms. The molecule has 2 aromatic rings. The number of hydrogen-bond donors (Lipinski definition) is 3. The minimum absolute atomic E-state index is 0.0692. The Balaban J connectivity index is 1.97. The van der Waals surface area contributed by atoms with E-state index >= 15 is 0 Å². The summed E-state index contributed by atoms with van der Waals surface area (Å²) in [5.41, 5.74) is 8.09. The molecule has 0 radical (unpaired) electrons. The Hall–Kier alpha value is -2.89. The highest BCUT2D eigenvalue weighted by Crippen LogP contribution is 2.40. The van der Waals surface area contributed by atoms with E-state index in [0.29, 0.717) is 17.1 Å². The van der Waals surface area contributed by atoms with Gasteiger partial charge in [0.15, 0.2) is 0 Å². The summed E-state index contributed by atoms with van der Waals surface area (Å²) in [7, 11) is 1.58. The van der Waals surface area contributed by atoms with Crippen LogP contribution < -0.4 is 20.7 Å². The smallest absolute Gasteiger partial charge is 0.326 e. The number of rotatable bonds is 4. The van der Waals surface area contributed by atoms with Crippen LogP contribution >= 0.6 is 0 Å². The molecule has 2 amide bonds. The van der Waals surface area contributed by atoms with E-state index in [1.165, 1.54) is 12.8 Å². The Bertz CT molecular complexity index is 895. The molecular weight excluding hydrogens is 390 g/mol. The van der Waals surface area contributed by atoms with Crippen LogP contribution in [-0.2, 0) is 5.41 Å². The number of nitrogen functional groups attached to an aromatic ring is 1. The maximum atomic E-state index is 13.6. The van der Waals surface area contributed by atoms with Gasteiger partial charge in [-0.1, -0.05) is 46.5 Å². The van der Waals surface area contributed by atoms with Crippen LogP contribution in [0.1, 0.15) is 64.9 Å². The Morgan fingerprint density at radius 2 is 1.71 bits per heavy atom. The second-order valence-electron chi connectivity index (χ2n) is 9.36. The van der Waals surface area contributed by atoms with Crippen LogP contribution in [0.5, 0.6) is 11.5 Å². The number of nitrogens with zero attached hydrogens (tertiary/aromatic N) is 1. The predicted octanol–water partition coefficient (Wildman–Crippen LogP) is 6.04. The number of phenols is 1. The second-order valence-corrected chi connectivity index (χ2v) is 9.36. The number of nitrogens with one attached hydrogen (secondary N) is 1. The minimum Gasteiger partial charge on any atom is -0.505 e. The molecule has 0 unspecified atom stereocenters. The summed E-state index contributed by atoms with van der Waals surface area (Å²) in [6, 6.07) is 10.7. The predicted molar refractivity (Wildman–Crippen MR) is 127 cm³/mol. The van der Waals surface area contributed by atoms with Crippen molar-refractivity contribution in [1.82, 2.24) is 0 Å². The molecule has 1 aliphatic carbocycles. The van der Waals surface area contributed by atoms with Gasteiger partial charge in [0.2, 0.25) is 0 Å². The number of urea groups is 1. The van der Waals surface area contributed by atoms with E-state index in [2.05, 4.69) is 5.32 Å². The van der Waals surface area contributed by atoms with E-state index in [4.69, 9.17) is 10.5 Å². The zero-order valence-electron chi connectivity index (χ0n) is 19.1. The number of phenolic OH excluding ortho intramolecular Hbond substituents is 1. The van der Waals surface area contributed by atoms with Crippen LogP contribution in [0.25, 0.3) is 0 Å². The van der Waals surface area contributed by atoms with E-state index in [9.17, 15) is 9.90 Å². The molecule has 0 saturated heterocycles. The minimum atomic E-state index is -0.309. The summed E-state index contributed by atoms with van der Waals surface area (Å²) < 4.78 is 5.43. The number of carbonyl (C=O) groups is 1. The molecule has 1 fully saturated rings. The first-order valence-corrected chi connectivity index (χ1v) is 11.1. The Morgan fingerprint density at radius 1 is 1.10 bits per heavy atom. The van der Waals surface area contributed by atoms with Crippen LogP contribution in [0.2, 0.25) is 0 Å². The van der Waals surface area contributed by atoms with Gasteiger partial charge in [-0.2, -0.15) is 0 Å². The second kappa shape index (κ2) is 9.50. The molecule has 2 aromatic carbocycles. The van der Waals surface area contributed by atoms with Gasteiger partial charge in [0.05, 0.1) is 12.8 Å². The molecule has 31 heavy (non-hydrogen) atoms. The third-order valence-electron chi connectivity index (χ3n) is 5.95. The lowest BCUT2D eigenvalue weighted by Gasteiger charge is -2.32. The fraction of sp³-hybridized carbons (Fsp3) is 0.480. The zero-order chi connectivity index (χ0) is 22.6. The third kappa shape index (κ3) is 5.43. The maximum Gasteiger partial charge on any atom is 0.326 e. The van der Waals surface area contributed by atoms with Crippen molar-refractivity contribution in [3.8, 4) is 11.5 Å². The standard InChI is InChI=1S/C25H35N3O3/c1-25(2,3)21-15-20(31-4)16-22(23(21)29)27-24(30)28(18-9-7-5-6-8-10-18)19-13-11-17(26)12-14-19/h11-16,18,29H,5-10,26H2,1-4H3,(H,27,30). The highest BCUT2D eigenvalue weighted by atomic mass is 16.5. The maximum absolute atomic E-state index is 13.6. The van der Waals surface area contributed by atoms with Crippen molar-refractivity contribution in [2.75, 3.05) is 23.1 Å². The van der Waals surface area contributed by atoms with Gasteiger partial charge >= 0.3 is 6.03 Å². The number of anilines is 3. The molecule has 0 aliphatic heterocycles. The monoisotopic (exact) mass is 425 g/mol. The molecular formula is C25H35N3O3. The van der Waals surface area contributed by atoms with Crippen LogP contribution in [0.4, 0.5) is 21.9 Å². The largest absolute Gasteiger partial charge is 0.505 e. The quantitative estimate of drug-likeness (QED) is 0.316. The summed E-state index contributed by atoms with van der Waals surface area (Å²) in [6.07, 6.45) is 6.49. The lowest BCUT2D eigenvalue weighted by molar-refractivity contribution is 0.253. The topological polar surface area (TPSA) is 87.8 Å². The Morgan fingerprint density at radius 3 is 2.26 bits per heavy atom.